The van der Waals surface area contributed by atoms with Gasteiger partial charge >= 0.3 is 206 Å². The van der Waals surface area contributed by atoms with Crippen LogP contribution >= 0.6 is 18.6 Å². The maximum absolute atomic E-state index is 8.28. The van der Waals surface area contributed by atoms with Gasteiger partial charge in [0, 0.05) is 0 Å². The van der Waals surface area contributed by atoms with E-state index >= 15 is 0 Å². The average molecular weight is 520 g/mol. The SMILES string of the molecule is CCCCC1=Cc2ccccc2[CH]1[Ti]([Cl])([Cl])([CH]1C(CCCC)=Cc2ccccc21)[SiH](C)C. The first-order valence-corrected chi connectivity index (χ1v) is 24.2. The van der Waals surface area contributed by atoms with Crippen LogP contribution < -0.4 is 0 Å². The first kappa shape index (κ1) is 24.6. The Hall–Kier alpha value is -0.569. The zero-order chi connectivity index (χ0) is 23.0. The summed E-state index contributed by atoms with van der Waals surface area (Å²) in [6, 6.07) is 17.8. The van der Waals surface area contributed by atoms with Crippen LogP contribution in [0.15, 0.2) is 59.7 Å². The quantitative estimate of drug-likeness (QED) is 0.289. The summed E-state index contributed by atoms with van der Waals surface area (Å²) in [5, 5.41) is 0. The second-order valence-electron chi connectivity index (χ2n) is 10.2. The van der Waals surface area contributed by atoms with Crippen molar-refractivity contribution in [1.82, 2.24) is 0 Å². The summed E-state index contributed by atoms with van der Waals surface area (Å²) in [5.41, 5.74) is 8.52. The van der Waals surface area contributed by atoms with Gasteiger partial charge in [0.05, 0.1) is 0 Å². The molecular weight excluding hydrogens is 483 g/mol. The summed E-state index contributed by atoms with van der Waals surface area (Å²) in [6.07, 6.45) is 11.9. The van der Waals surface area contributed by atoms with Crippen LogP contribution in [0.25, 0.3) is 12.2 Å². The molecule has 0 bridgehead atoms. The second kappa shape index (κ2) is 9.59. The van der Waals surface area contributed by atoms with E-state index in [0.717, 1.165) is 12.8 Å². The third-order valence-corrected chi connectivity index (χ3v) is 43.1. The van der Waals surface area contributed by atoms with Gasteiger partial charge in [-0.15, -0.1) is 0 Å². The van der Waals surface area contributed by atoms with Gasteiger partial charge in [0.25, 0.3) is 0 Å². The normalized spacial score (nSPS) is 21.0. The molecule has 0 N–H and O–H groups in total. The molecule has 4 rings (SSSR count). The van der Waals surface area contributed by atoms with Crippen LogP contribution in [-0.2, 0) is 12.4 Å². The van der Waals surface area contributed by atoms with E-state index in [4.69, 9.17) is 18.6 Å². The van der Waals surface area contributed by atoms with Gasteiger partial charge in [-0.05, 0) is 0 Å². The van der Waals surface area contributed by atoms with Crippen LogP contribution in [0.4, 0.5) is 0 Å². The first-order chi connectivity index (χ1) is 15.3. The van der Waals surface area contributed by atoms with Gasteiger partial charge in [0.1, 0.15) is 0 Å². The minimum atomic E-state index is -4.19. The van der Waals surface area contributed by atoms with Crippen molar-refractivity contribution in [3.8, 4) is 0 Å². The van der Waals surface area contributed by atoms with Crippen molar-refractivity contribution in [1.29, 1.82) is 0 Å². The van der Waals surface area contributed by atoms with Crippen molar-refractivity contribution in [2.75, 3.05) is 0 Å². The van der Waals surface area contributed by atoms with Crippen molar-refractivity contribution in [3.05, 3.63) is 81.9 Å². The second-order valence-corrected chi connectivity index (χ2v) is 39.4. The summed E-state index contributed by atoms with van der Waals surface area (Å²) in [6.45, 7) is 7.99. The summed E-state index contributed by atoms with van der Waals surface area (Å²) < 4.78 is 0.455. The number of fused-ring (bicyclic) bond motifs is 2. The Morgan fingerprint density at radius 2 is 1.12 bits per heavy atom. The van der Waals surface area contributed by atoms with Crippen molar-refractivity contribution in [2.24, 2.45) is 0 Å². The average Bonchev–Trinajstić information content (AvgIpc) is 3.35. The number of benzene rings is 2. The van der Waals surface area contributed by atoms with E-state index in [9.17, 15) is 0 Å². The molecular formula is C28H37Cl2SiTi. The van der Waals surface area contributed by atoms with Gasteiger partial charge in [0.15, 0.2) is 0 Å². The Kier molecular flexibility index (Phi) is 7.36. The molecule has 0 amide bonds. The monoisotopic (exact) mass is 519 g/mol. The molecule has 0 radical (unpaired) electrons. The molecule has 0 aromatic heterocycles. The van der Waals surface area contributed by atoms with Gasteiger partial charge in [-0.25, -0.2) is 0 Å². The number of unbranched alkanes of at least 4 members (excludes halogenated alkanes) is 2. The molecule has 2 atom stereocenters. The van der Waals surface area contributed by atoms with Gasteiger partial charge in [-0.2, -0.15) is 0 Å². The van der Waals surface area contributed by atoms with Crippen LogP contribution in [-0.4, -0.2) is 6.66 Å². The fourth-order valence-electron chi connectivity index (χ4n) is 6.11. The zero-order valence-electron chi connectivity index (χ0n) is 20.0. The Labute approximate surface area is 204 Å². The maximum atomic E-state index is 8.28. The molecule has 2 aliphatic carbocycles. The van der Waals surface area contributed by atoms with E-state index in [1.807, 2.05) is 0 Å². The number of rotatable bonds is 9. The van der Waals surface area contributed by atoms with Crippen molar-refractivity contribution < 1.29 is 12.4 Å². The van der Waals surface area contributed by atoms with Crippen LogP contribution in [0, 0.1) is 0 Å². The van der Waals surface area contributed by atoms with Crippen molar-refractivity contribution in [3.63, 3.8) is 0 Å². The summed E-state index contributed by atoms with van der Waals surface area (Å²) in [5.74, 6) is 0. The molecule has 0 spiro atoms. The molecule has 2 aromatic carbocycles. The standard InChI is InChI=1S/2C13H15.C2H7Si.2ClH.Ti/c2*1-2-3-6-11-9-12-7-4-5-8-13(12)10-11;1-3-2;;;/h2*4-5,7-10H,2-3,6H2,1H3;3H,1-2H3;2*1H;/q;;;;;+2/p-2. The minimum absolute atomic E-state index is 0.228. The molecule has 0 saturated carbocycles. The van der Waals surface area contributed by atoms with E-state index in [-0.39, 0.29) is 8.45 Å². The van der Waals surface area contributed by atoms with Gasteiger partial charge < -0.3 is 0 Å². The van der Waals surface area contributed by atoms with Gasteiger partial charge in [0.2, 0.25) is 0 Å². The van der Waals surface area contributed by atoms with Crippen molar-refractivity contribution >= 4 is 37.4 Å². The molecule has 2 unspecified atom stereocenters. The fourth-order valence-corrected chi connectivity index (χ4v) is 27.3. The molecule has 0 aliphatic heterocycles. The summed E-state index contributed by atoms with van der Waals surface area (Å²) in [7, 11) is 16.6. The van der Waals surface area contributed by atoms with Crippen LogP contribution in [0.1, 0.15) is 83.1 Å². The Morgan fingerprint density at radius 1 is 0.719 bits per heavy atom. The molecule has 0 fully saturated rings. The predicted molar refractivity (Wildman–Crippen MR) is 144 cm³/mol. The molecule has 0 nitrogen and oxygen atoms in total. The predicted octanol–water partition coefficient (Wildman–Crippen LogP) is 9.62. The van der Waals surface area contributed by atoms with E-state index in [0.29, 0.717) is 0 Å². The Morgan fingerprint density at radius 3 is 1.50 bits per heavy atom. The molecule has 0 heterocycles. The topological polar surface area (TPSA) is 0 Å². The third-order valence-electron chi connectivity index (χ3n) is 7.88. The van der Waals surface area contributed by atoms with Crippen molar-refractivity contribution in [2.45, 2.75) is 73.9 Å². The third kappa shape index (κ3) is 3.97. The van der Waals surface area contributed by atoms with Gasteiger partial charge in [-0.3, -0.25) is 0 Å². The number of halogens is 2. The zero-order valence-corrected chi connectivity index (χ0v) is 24.2. The van der Waals surface area contributed by atoms with E-state index in [1.165, 1.54) is 59.1 Å². The van der Waals surface area contributed by atoms with E-state index in [1.54, 1.807) is 0 Å². The van der Waals surface area contributed by atoms with E-state index < -0.39 is 19.1 Å². The number of hydrogen-bond donors (Lipinski definition) is 0. The Balaban J connectivity index is 1.93. The summed E-state index contributed by atoms with van der Waals surface area (Å²) >= 11 is -4.19. The number of hydrogen-bond acceptors (Lipinski definition) is 0. The van der Waals surface area contributed by atoms with E-state index in [2.05, 4.69) is 87.6 Å². The molecule has 4 heteroatoms. The van der Waals surface area contributed by atoms with Crippen LogP contribution in [0.3, 0.4) is 0 Å². The van der Waals surface area contributed by atoms with Crippen LogP contribution in [0.5, 0.6) is 0 Å². The first-order valence-electron chi connectivity index (χ1n) is 12.5. The molecule has 2 aromatic rings. The Bertz CT molecular complexity index is 975. The molecule has 2 aliphatic rings. The molecule has 32 heavy (non-hydrogen) atoms. The van der Waals surface area contributed by atoms with Crippen LogP contribution in [0.2, 0.25) is 13.1 Å². The molecule has 0 saturated heterocycles. The van der Waals surface area contributed by atoms with Gasteiger partial charge in [-0.1, -0.05) is 0 Å². The number of allylic oxidation sites excluding steroid dienone is 2. The molecule has 171 valence electrons. The summed E-state index contributed by atoms with van der Waals surface area (Å²) in [4.78, 5) is 0. The fraction of sp³-hybridized carbons (Fsp3) is 0.429.